The van der Waals surface area contributed by atoms with Crippen molar-refractivity contribution in [3.8, 4) is 0 Å². The number of carbonyl (C=O) groups is 3. The average Bonchev–Trinajstić information content (AvgIpc) is 2.89. The third-order valence-electron chi connectivity index (χ3n) is 3.43. The molecule has 2 N–H and O–H groups in total. The summed E-state index contributed by atoms with van der Waals surface area (Å²) in [6.45, 7) is 1.37. The molecular formula is C15H17NO11P-. The number of carbonyl (C=O) groups excluding carboxylic acids is 2. The van der Waals surface area contributed by atoms with Crippen LogP contribution in [-0.2, 0) is 37.7 Å². The topological polar surface area (TPSA) is 172 Å². The summed E-state index contributed by atoms with van der Waals surface area (Å²) in [5.74, 6) is -3.28. The van der Waals surface area contributed by atoms with Crippen LogP contribution in [0.25, 0.3) is 0 Å². The number of phosphoric ester groups is 1. The zero-order chi connectivity index (χ0) is 21.1. The fourth-order valence-electron chi connectivity index (χ4n) is 2.42. The van der Waals surface area contributed by atoms with E-state index >= 15 is 0 Å². The molecule has 2 unspecified atom stereocenters. The number of aliphatic carboxylic acids is 1. The maximum atomic E-state index is 11.5. The van der Waals surface area contributed by atoms with E-state index in [2.05, 4.69) is 4.52 Å². The van der Waals surface area contributed by atoms with Crippen molar-refractivity contribution in [3.63, 3.8) is 0 Å². The number of carboxylic acids is 1. The summed E-state index contributed by atoms with van der Waals surface area (Å²) >= 11 is 0. The van der Waals surface area contributed by atoms with Crippen LogP contribution in [0.15, 0.2) is 35.7 Å². The van der Waals surface area contributed by atoms with Crippen LogP contribution >= 0.6 is 7.82 Å². The third kappa shape index (κ3) is 5.67. The fourth-order valence-corrected chi connectivity index (χ4v) is 2.76. The minimum atomic E-state index is -5.12. The molecular weight excluding hydrogens is 401 g/mol. The molecule has 0 spiro atoms. The van der Waals surface area contributed by atoms with Crippen LogP contribution < -0.4 is 4.89 Å². The summed E-state index contributed by atoms with van der Waals surface area (Å²) in [6.07, 6.45) is 1.55. The summed E-state index contributed by atoms with van der Waals surface area (Å²) in [5.41, 5.74) is -0.0103. The molecule has 0 bridgehead atoms. The van der Waals surface area contributed by atoms with Crippen LogP contribution in [0.5, 0.6) is 0 Å². The van der Waals surface area contributed by atoms with Gasteiger partial charge in [-0.1, -0.05) is 6.08 Å². The molecule has 0 aromatic rings. The van der Waals surface area contributed by atoms with Gasteiger partial charge in [0, 0.05) is 32.7 Å². The molecule has 0 aromatic carbocycles. The molecule has 2 aliphatic rings. The largest absolute Gasteiger partial charge is 0.756 e. The molecule has 154 valence electrons. The zero-order valence-electron chi connectivity index (χ0n) is 14.8. The van der Waals surface area contributed by atoms with E-state index in [9.17, 15) is 23.8 Å². The highest BCUT2D eigenvalue weighted by Crippen LogP contribution is 2.37. The Balaban J connectivity index is 2.41. The number of nitrogens with zero attached hydrogens (tertiary/aromatic N) is 1. The molecule has 0 amide bonds. The van der Waals surface area contributed by atoms with E-state index in [1.54, 1.807) is 0 Å². The van der Waals surface area contributed by atoms with Crippen molar-refractivity contribution < 1.29 is 52.6 Å². The molecule has 0 radical (unpaired) electrons. The van der Waals surface area contributed by atoms with Crippen molar-refractivity contribution in [2.75, 3.05) is 6.61 Å². The van der Waals surface area contributed by atoms with Crippen LogP contribution in [-0.4, -0.2) is 51.6 Å². The minimum absolute atomic E-state index is 0.0103. The zero-order valence-corrected chi connectivity index (χ0v) is 15.7. The second kappa shape index (κ2) is 8.57. The van der Waals surface area contributed by atoms with E-state index in [0.29, 0.717) is 0 Å². The van der Waals surface area contributed by atoms with Gasteiger partial charge < -0.3 is 33.6 Å². The molecule has 2 aliphatic heterocycles. The lowest BCUT2D eigenvalue weighted by Crippen LogP contribution is -2.34. The smallest absolute Gasteiger partial charge is 0.333 e. The van der Waals surface area contributed by atoms with Crippen LogP contribution in [0.4, 0.5) is 0 Å². The number of hydrogen-bond acceptors (Lipinski definition) is 10. The van der Waals surface area contributed by atoms with Gasteiger partial charge >= 0.3 is 17.9 Å². The summed E-state index contributed by atoms with van der Waals surface area (Å²) in [4.78, 5) is 55.0. The fraction of sp³-hybridized carbons (Fsp3) is 0.400. The lowest BCUT2D eigenvalue weighted by molar-refractivity contribution is -0.222. The molecule has 2 heterocycles. The van der Waals surface area contributed by atoms with Gasteiger partial charge in [0.25, 0.3) is 7.82 Å². The van der Waals surface area contributed by atoms with Crippen LogP contribution in [0, 0.1) is 0 Å². The van der Waals surface area contributed by atoms with Crippen molar-refractivity contribution in [3.05, 3.63) is 35.7 Å². The first-order valence-corrected chi connectivity index (χ1v) is 9.31. The summed E-state index contributed by atoms with van der Waals surface area (Å²) in [6, 6.07) is 0. The molecule has 2 rings (SSSR count). The molecule has 28 heavy (non-hydrogen) atoms. The van der Waals surface area contributed by atoms with Crippen molar-refractivity contribution in [1.82, 2.24) is 4.90 Å². The van der Waals surface area contributed by atoms with Crippen molar-refractivity contribution in [2.45, 2.75) is 32.5 Å². The lowest BCUT2D eigenvalue weighted by Gasteiger charge is -2.24. The molecule has 13 heteroatoms. The lowest BCUT2D eigenvalue weighted by atomic mass is 10.1. The Kier molecular flexibility index (Phi) is 6.62. The van der Waals surface area contributed by atoms with Crippen molar-refractivity contribution in [2.24, 2.45) is 0 Å². The highest BCUT2D eigenvalue weighted by Gasteiger charge is 2.44. The molecule has 12 nitrogen and oxygen atoms in total. The third-order valence-corrected chi connectivity index (χ3v) is 3.90. The normalized spacial score (nSPS) is 23.6. The Bertz CT molecular complexity index is 809. The van der Waals surface area contributed by atoms with Gasteiger partial charge in [0.05, 0.1) is 12.2 Å². The van der Waals surface area contributed by atoms with Crippen LogP contribution in [0.3, 0.4) is 0 Å². The van der Waals surface area contributed by atoms with Gasteiger partial charge in [-0.3, -0.25) is 19.1 Å². The average molecular weight is 418 g/mol. The van der Waals surface area contributed by atoms with E-state index < -0.39 is 44.5 Å². The SMILES string of the molecule is CC(=O)OC1=C(N2C=CCC(C(=O)O)=C2)O[C@H](COP(=O)([O-])O)C1OC(C)=O. The van der Waals surface area contributed by atoms with E-state index in [1.165, 1.54) is 23.4 Å². The molecule has 0 saturated heterocycles. The molecule has 0 saturated carbocycles. The van der Waals surface area contributed by atoms with E-state index in [1.807, 2.05) is 0 Å². The second-order valence-corrected chi connectivity index (χ2v) is 6.86. The first-order chi connectivity index (χ1) is 13.0. The number of rotatable bonds is 7. The van der Waals surface area contributed by atoms with E-state index in [4.69, 9.17) is 24.2 Å². The highest BCUT2D eigenvalue weighted by atomic mass is 31.2. The van der Waals surface area contributed by atoms with E-state index in [-0.39, 0.29) is 23.6 Å². The number of ether oxygens (including phenoxy) is 3. The van der Waals surface area contributed by atoms with Gasteiger partial charge in [0.15, 0.2) is 6.10 Å². The van der Waals surface area contributed by atoms with Gasteiger partial charge in [-0.15, -0.1) is 0 Å². The van der Waals surface area contributed by atoms with Crippen molar-refractivity contribution >= 4 is 25.7 Å². The minimum Gasteiger partial charge on any atom is -0.756 e. The van der Waals surface area contributed by atoms with Gasteiger partial charge in [0.2, 0.25) is 17.7 Å². The number of phosphoric acid groups is 1. The molecule has 0 aliphatic carbocycles. The van der Waals surface area contributed by atoms with Gasteiger partial charge in [-0.25, -0.2) is 4.79 Å². The Hall–Kier alpha value is -2.66. The monoisotopic (exact) mass is 418 g/mol. The summed E-state index contributed by atoms with van der Waals surface area (Å²) < 4.78 is 30.8. The predicted octanol–water partition coefficient (Wildman–Crippen LogP) is -0.286. The maximum Gasteiger partial charge on any atom is 0.333 e. The first kappa shape index (κ1) is 21.6. The molecule has 3 atom stereocenters. The molecule has 0 fully saturated rings. The first-order valence-electron chi connectivity index (χ1n) is 7.81. The predicted molar refractivity (Wildman–Crippen MR) is 86.3 cm³/mol. The number of esters is 2. The van der Waals surface area contributed by atoms with Gasteiger partial charge in [0.1, 0.15) is 0 Å². The van der Waals surface area contributed by atoms with Gasteiger partial charge in [-0.2, -0.15) is 0 Å². The Labute approximate surface area is 158 Å². The number of carboxylic acid groups (broad SMARTS) is 1. The van der Waals surface area contributed by atoms with Crippen LogP contribution in [0.1, 0.15) is 20.3 Å². The highest BCUT2D eigenvalue weighted by molar-refractivity contribution is 7.44. The molecule has 0 aromatic heterocycles. The van der Waals surface area contributed by atoms with Gasteiger partial charge in [-0.05, 0) is 0 Å². The quantitative estimate of drug-likeness (QED) is 0.409. The summed E-state index contributed by atoms with van der Waals surface area (Å²) in [7, 11) is -5.12. The number of hydrogen-bond donors (Lipinski definition) is 2. The Morgan fingerprint density at radius 2 is 2.04 bits per heavy atom. The maximum absolute atomic E-state index is 11.5. The second-order valence-electron chi connectivity index (χ2n) is 5.67. The summed E-state index contributed by atoms with van der Waals surface area (Å²) in [5, 5.41) is 9.15. The Morgan fingerprint density at radius 1 is 1.36 bits per heavy atom. The number of allylic oxidation sites excluding steroid dienone is 1. The standard InChI is InChI=1S/C15H18NO11P/c1-8(17)25-12-11(7-24-28(21,22)23)27-14(13(12)26-9(2)18)16-5-3-4-10(6-16)15(19)20/h3,5-6,11-12H,4,7H2,1-2H3,(H,19,20)(H2,21,22,23)/p-1/t11-,12?/m1/s1. The Morgan fingerprint density at radius 3 is 2.57 bits per heavy atom. The van der Waals surface area contributed by atoms with E-state index in [0.717, 1.165) is 13.8 Å². The van der Waals surface area contributed by atoms with Crippen molar-refractivity contribution in [1.29, 1.82) is 0 Å². The van der Waals surface area contributed by atoms with Crippen LogP contribution in [0.2, 0.25) is 0 Å².